The van der Waals surface area contributed by atoms with E-state index in [1.54, 1.807) is 11.3 Å². The maximum atomic E-state index is 12.6. The average Bonchev–Trinajstić information content (AvgIpc) is 3.24. The lowest BCUT2D eigenvalue weighted by Crippen LogP contribution is -2.36. The van der Waals surface area contributed by atoms with E-state index in [9.17, 15) is 9.59 Å². The highest BCUT2D eigenvalue weighted by Gasteiger charge is 2.20. The Bertz CT molecular complexity index is 926. The monoisotopic (exact) mass is 375 g/mol. The van der Waals surface area contributed by atoms with Gasteiger partial charge in [-0.3, -0.25) is 14.2 Å². The van der Waals surface area contributed by atoms with Crippen LogP contribution in [0, 0.1) is 5.92 Å². The van der Waals surface area contributed by atoms with Crippen molar-refractivity contribution in [1.82, 2.24) is 14.9 Å². The number of hydrogen-bond acceptors (Lipinski definition) is 5. The third-order valence-electron chi connectivity index (χ3n) is 4.06. The predicted octanol–water partition coefficient (Wildman–Crippen LogP) is 3.60. The molecule has 7 heteroatoms. The van der Waals surface area contributed by atoms with Crippen molar-refractivity contribution in [1.29, 1.82) is 0 Å². The van der Waals surface area contributed by atoms with Gasteiger partial charge in [-0.25, -0.2) is 4.98 Å². The maximum Gasteiger partial charge on any atom is 0.262 e. The van der Waals surface area contributed by atoms with E-state index in [1.807, 2.05) is 30.5 Å². The molecule has 0 aromatic carbocycles. The first-order valence-corrected chi connectivity index (χ1v) is 9.99. The molecule has 3 heterocycles. The number of fused-ring (bicyclic) bond motifs is 1. The summed E-state index contributed by atoms with van der Waals surface area (Å²) in [5.74, 6) is 0.0882. The molecule has 0 fully saturated rings. The van der Waals surface area contributed by atoms with E-state index in [-0.39, 0.29) is 30.0 Å². The van der Waals surface area contributed by atoms with Crippen LogP contribution in [0.2, 0.25) is 0 Å². The van der Waals surface area contributed by atoms with Crippen LogP contribution >= 0.6 is 22.7 Å². The molecule has 1 N–H and O–H groups in total. The molecule has 0 saturated carbocycles. The SMILES string of the molecule is CCc1cc2c(=O)n(CC(=O)NC(c3cccs3)C(C)C)cnc2s1. The number of carbonyl (C=O) groups excluding carboxylic acids is 1. The van der Waals surface area contributed by atoms with Gasteiger partial charge in [0.15, 0.2) is 0 Å². The lowest BCUT2D eigenvalue weighted by Gasteiger charge is -2.21. The summed E-state index contributed by atoms with van der Waals surface area (Å²) in [6.07, 6.45) is 2.34. The topological polar surface area (TPSA) is 64.0 Å². The van der Waals surface area contributed by atoms with Crippen LogP contribution in [0.15, 0.2) is 34.7 Å². The van der Waals surface area contributed by atoms with Crippen molar-refractivity contribution in [3.05, 3.63) is 50.0 Å². The van der Waals surface area contributed by atoms with Gasteiger partial charge in [-0.1, -0.05) is 26.8 Å². The first-order chi connectivity index (χ1) is 12.0. The van der Waals surface area contributed by atoms with Gasteiger partial charge in [0.2, 0.25) is 5.91 Å². The molecular formula is C18H21N3O2S2. The smallest absolute Gasteiger partial charge is 0.262 e. The van der Waals surface area contributed by atoms with Gasteiger partial charge in [0.1, 0.15) is 11.4 Å². The molecule has 0 aliphatic carbocycles. The highest BCUT2D eigenvalue weighted by atomic mass is 32.1. The van der Waals surface area contributed by atoms with E-state index in [1.165, 1.54) is 22.2 Å². The Morgan fingerprint density at radius 1 is 1.40 bits per heavy atom. The van der Waals surface area contributed by atoms with Crippen LogP contribution in [0.25, 0.3) is 10.2 Å². The molecule has 0 bridgehead atoms. The number of thiophene rings is 2. The number of nitrogens with one attached hydrogen (secondary N) is 1. The number of aromatic nitrogens is 2. The van der Waals surface area contributed by atoms with E-state index in [0.717, 1.165) is 21.0 Å². The second kappa shape index (κ2) is 7.49. The van der Waals surface area contributed by atoms with Gasteiger partial charge in [-0.15, -0.1) is 22.7 Å². The second-order valence-electron chi connectivity index (χ2n) is 6.27. The zero-order valence-electron chi connectivity index (χ0n) is 14.5. The van der Waals surface area contributed by atoms with Crippen molar-refractivity contribution >= 4 is 38.8 Å². The fourth-order valence-electron chi connectivity index (χ4n) is 2.70. The summed E-state index contributed by atoms with van der Waals surface area (Å²) in [6.45, 7) is 6.17. The minimum absolute atomic E-state index is 0.0202. The number of carbonyl (C=O) groups is 1. The summed E-state index contributed by atoms with van der Waals surface area (Å²) in [7, 11) is 0. The van der Waals surface area contributed by atoms with Gasteiger partial charge in [0.25, 0.3) is 5.56 Å². The van der Waals surface area contributed by atoms with Crippen LogP contribution in [-0.4, -0.2) is 15.5 Å². The Morgan fingerprint density at radius 2 is 2.20 bits per heavy atom. The number of nitrogens with zero attached hydrogens (tertiary/aromatic N) is 2. The molecule has 0 radical (unpaired) electrons. The average molecular weight is 376 g/mol. The summed E-state index contributed by atoms with van der Waals surface area (Å²) >= 11 is 3.15. The van der Waals surface area contributed by atoms with Crippen LogP contribution in [0.1, 0.15) is 36.6 Å². The molecule has 25 heavy (non-hydrogen) atoms. The molecule has 0 aliphatic rings. The zero-order valence-corrected chi connectivity index (χ0v) is 16.1. The molecule has 132 valence electrons. The summed E-state index contributed by atoms with van der Waals surface area (Å²) in [6, 6.07) is 5.83. The quantitative estimate of drug-likeness (QED) is 0.716. The molecule has 3 aromatic heterocycles. The number of amides is 1. The van der Waals surface area contributed by atoms with E-state index in [2.05, 4.69) is 24.1 Å². The number of rotatable bonds is 6. The van der Waals surface area contributed by atoms with E-state index in [4.69, 9.17) is 0 Å². The van der Waals surface area contributed by atoms with Gasteiger partial charge >= 0.3 is 0 Å². The van der Waals surface area contributed by atoms with Gasteiger partial charge in [0, 0.05) is 9.75 Å². The Balaban J connectivity index is 1.79. The van der Waals surface area contributed by atoms with Crippen LogP contribution in [-0.2, 0) is 17.8 Å². The van der Waals surface area contributed by atoms with Crippen LogP contribution in [0.4, 0.5) is 0 Å². The van der Waals surface area contributed by atoms with Crippen LogP contribution in [0.5, 0.6) is 0 Å². The minimum atomic E-state index is -0.179. The molecule has 5 nitrogen and oxygen atoms in total. The Kier molecular flexibility index (Phi) is 5.34. The van der Waals surface area contributed by atoms with Gasteiger partial charge in [0.05, 0.1) is 17.8 Å². The van der Waals surface area contributed by atoms with Gasteiger partial charge in [-0.2, -0.15) is 0 Å². The standard InChI is InChI=1S/C18H21N3O2S2/c1-4-12-8-13-17(25-12)19-10-21(18(13)23)9-15(22)20-16(11(2)3)14-6-5-7-24-14/h5-8,10-11,16H,4,9H2,1-3H3,(H,20,22). The summed E-state index contributed by atoms with van der Waals surface area (Å²) < 4.78 is 1.38. The number of aryl methyl sites for hydroxylation is 1. The molecule has 0 saturated heterocycles. The third-order valence-corrected chi connectivity index (χ3v) is 6.21. The molecule has 3 rings (SSSR count). The fraction of sp³-hybridized carbons (Fsp3) is 0.389. The summed E-state index contributed by atoms with van der Waals surface area (Å²) in [5.41, 5.74) is -0.159. The first-order valence-electron chi connectivity index (χ1n) is 8.30. The molecule has 1 amide bonds. The Hall–Kier alpha value is -1.99. The van der Waals surface area contributed by atoms with Crippen LogP contribution in [0.3, 0.4) is 0 Å². The molecule has 1 unspecified atom stereocenters. The lowest BCUT2D eigenvalue weighted by molar-refractivity contribution is -0.122. The largest absolute Gasteiger partial charge is 0.347 e. The van der Waals surface area contributed by atoms with Crippen LogP contribution < -0.4 is 10.9 Å². The van der Waals surface area contributed by atoms with E-state index >= 15 is 0 Å². The van der Waals surface area contributed by atoms with Crippen molar-refractivity contribution in [3.8, 4) is 0 Å². The molecule has 0 spiro atoms. The third kappa shape index (κ3) is 3.82. The minimum Gasteiger partial charge on any atom is -0.347 e. The van der Waals surface area contributed by atoms with Gasteiger partial charge < -0.3 is 5.32 Å². The molecule has 1 atom stereocenters. The van der Waals surface area contributed by atoms with E-state index in [0.29, 0.717) is 5.39 Å². The second-order valence-corrected chi connectivity index (χ2v) is 8.36. The molecule has 0 aliphatic heterocycles. The van der Waals surface area contributed by atoms with Crippen molar-refractivity contribution in [3.63, 3.8) is 0 Å². The van der Waals surface area contributed by atoms with Crippen molar-refractivity contribution in [2.45, 2.75) is 39.8 Å². The normalized spacial score (nSPS) is 12.6. The zero-order chi connectivity index (χ0) is 18.0. The van der Waals surface area contributed by atoms with Crippen molar-refractivity contribution in [2.75, 3.05) is 0 Å². The molecule has 3 aromatic rings. The molecular weight excluding hydrogens is 354 g/mol. The van der Waals surface area contributed by atoms with E-state index < -0.39 is 0 Å². The Labute approximate surface area is 154 Å². The predicted molar refractivity (Wildman–Crippen MR) is 103 cm³/mol. The summed E-state index contributed by atoms with van der Waals surface area (Å²) in [4.78, 5) is 32.4. The highest BCUT2D eigenvalue weighted by Crippen LogP contribution is 2.25. The number of hydrogen-bond donors (Lipinski definition) is 1. The van der Waals surface area contributed by atoms with Crippen molar-refractivity contribution in [2.24, 2.45) is 5.92 Å². The van der Waals surface area contributed by atoms with Crippen molar-refractivity contribution < 1.29 is 4.79 Å². The highest BCUT2D eigenvalue weighted by molar-refractivity contribution is 7.18. The Morgan fingerprint density at radius 3 is 2.84 bits per heavy atom. The maximum absolute atomic E-state index is 12.6. The lowest BCUT2D eigenvalue weighted by atomic mass is 10.0. The van der Waals surface area contributed by atoms with Gasteiger partial charge in [-0.05, 0) is 29.9 Å². The first kappa shape index (κ1) is 17.8. The fourth-order valence-corrected chi connectivity index (χ4v) is 4.58. The summed E-state index contributed by atoms with van der Waals surface area (Å²) in [5, 5.41) is 5.64.